The Morgan fingerprint density at radius 2 is 1.75 bits per heavy atom. The van der Waals surface area contributed by atoms with Gasteiger partial charge in [0.05, 0.1) is 27.6 Å². The third-order valence-electron chi connectivity index (χ3n) is 8.90. The maximum atomic E-state index is 13.2. The van der Waals surface area contributed by atoms with Crippen molar-refractivity contribution in [2.24, 2.45) is 0 Å². The van der Waals surface area contributed by atoms with Gasteiger partial charge in [-0.3, -0.25) is 0 Å². The Labute approximate surface area is 280 Å². The number of rotatable bonds is 11. The molecule has 0 radical (unpaired) electrons. The van der Waals surface area contributed by atoms with E-state index in [0.29, 0.717) is 67.2 Å². The third kappa shape index (κ3) is 7.81. The van der Waals surface area contributed by atoms with Crippen LogP contribution in [0.5, 0.6) is 5.75 Å². The van der Waals surface area contributed by atoms with E-state index in [1.807, 2.05) is 32.9 Å². The Balaban J connectivity index is 1.43. The van der Waals surface area contributed by atoms with Gasteiger partial charge in [-0.1, -0.05) is 19.1 Å². The molecule has 2 aliphatic rings. The van der Waals surface area contributed by atoms with Crippen LogP contribution in [-0.4, -0.2) is 78.2 Å². The molecule has 1 fully saturated rings. The summed E-state index contributed by atoms with van der Waals surface area (Å²) in [6, 6.07) is 10.8. The molecule has 4 N–H and O–H groups in total. The van der Waals surface area contributed by atoms with Gasteiger partial charge in [-0.2, -0.15) is 23.1 Å². The number of piperidine rings is 1. The van der Waals surface area contributed by atoms with Crippen molar-refractivity contribution >= 4 is 38.8 Å². The maximum absolute atomic E-state index is 13.2. The van der Waals surface area contributed by atoms with Gasteiger partial charge in [0.15, 0.2) is 15.9 Å². The molecule has 14 heteroatoms. The summed E-state index contributed by atoms with van der Waals surface area (Å²) >= 11 is 0. The van der Waals surface area contributed by atoms with Crippen LogP contribution in [-0.2, 0) is 9.84 Å². The minimum atomic E-state index is -4.63. The van der Waals surface area contributed by atoms with Crippen molar-refractivity contribution in [2.75, 3.05) is 42.1 Å². The van der Waals surface area contributed by atoms with Crippen LogP contribution in [0.3, 0.4) is 0 Å². The standard InChI is InChI=1S/C34H45F3N6O4S/c1-19(2)47-27-16-24(23-11-13-43(14-12-23)18-29(44)34(35,36)37)21(5)15-26(27)40-33-41-31-30(22(6)17-38-31)32(42-33)39-25-9-7-8-10-28(25)48(45,46)20(3)4/h7-10,15-16,19-20,22-23,29,44H,11-14,17-18H2,1-6H3,(H3,38,39,40,41,42)/t22?,29-/m1/s1. The van der Waals surface area contributed by atoms with E-state index in [9.17, 15) is 26.7 Å². The summed E-state index contributed by atoms with van der Waals surface area (Å²) in [5.74, 6) is 2.22. The number of hydrogen-bond acceptors (Lipinski definition) is 10. The van der Waals surface area contributed by atoms with Crippen LogP contribution < -0.4 is 20.7 Å². The highest BCUT2D eigenvalue weighted by Crippen LogP contribution is 2.41. The average molecular weight is 691 g/mol. The van der Waals surface area contributed by atoms with Crippen molar-refractivity contribution in [2.45, 2.75) is 94.7 Å². The second kappa shape index (κ2) is 14.1. The molecule has 1 aromatic heterocycles. The molecule has 2 aliphatic heterocycles. The first kappa shape index (κ1) is 35.7. The van der Waals surface area contributed by atoms with E-state index in [1.165, 1.54) is 0 Å². The molecular weight excluding hydrogens is 645 g/mol. The number of aryl methyl sites for hydroxylation is 1. The van der Waals surface area contributed by atoms with Crippen molar-refractivity contribution in [3.63, 3.8) is 0 Å². The number of aromatic nitrogens is 2. The minimum absolute atomic E-state index is 0.0786. The molecule has 0 spiro atoms. The lowest BCUT2D eigenvalue weighted by Gasteiger charge is -2.34. The number of alkyl halides is 3. The van der Waals surface area contributed by atoms with Gasteiger partial charge in [0.1, 0.15) is 17.4 Å². The Bertz CT molecular complexity index is 1730. The van der Waals surface area contributed by atoms with Crippen LogP contribution in [0.2, 0.25) is 0 Å². The SMILES string of the molecule is Cc1cc(Nc2nc3c(c(Nc4ccccc4S(=O)(=O)C(C)C)n2)C(C)CN3)c(OC(C)C)cc1C1CCN(C[C@@H](O)C(F)(F)F)CC1. The van der Waals surface area contributed by atoms with Gasteiger partial charge in [0.2, 0.25) is 5.95 Å². The van der Waals surface area contributed by atoms with Crippen molar-refractivity contribution in [1.29, 1.82) is 0 Å². The minimum Gasteiger partial charge on any atom is -0.489 e. The van der Waals surface area contributed by atoms with E-state index in [1.54, 1.807) is 43.0 Å². The van der Waals surface area contributed by atoms with Crippen molar-refractivity contribution in [3.8, 4) is 5.75 Å². The zero-order valence-corrected chi connectivity index (χ0v) is 29.0. The lowest BCUT2D eigenvalue weighted by molar-refractivity contribution is -0.208. The van der Waals surface area contributed by atoms with E-state index in [2.05, 4.69) is 22.9 Å². The predicted molar refractivity (Wildman–Crippen MR) is 182 cm³/mol. The van der Waals surface area contributed by atoms with Crippen LogP contribution in [0.25, 0.3) is 0 Å². The largest absolute Gasteiger partial charge is 0.489 e. The lowest BCUT2D eigenvalue weighted by atomic mass is 9.86. The third-order valence-corrected chi connectivity index (χ3v) is 11.1. The van der Waals surface area contributed by atoms with Gasteiger partial charge in [-0.25, -0.2) is 8.42 Å². The number of fused-ring (bicyclic) bond motifs is 1. The monoisotopic (exact) mass is 690 g/mol. The quantitative estimate of drug-likeness (QED) is 0.169. The molecule has 3 aromatic rings. The number of likely N-dealkylation sites (tertiary alicyclic amines) is 1. The van der Waals surface area contributed by atoms with Crippen LogP contribution in [0.15, 0.2) is 41.3 Å². The Morgan fingerprint density at radius 1 is 1.06 bits per heavy atom. The average Bonchev–Trinajstić information content (AvgIpc) is 3.38. The second-order valence-corrected chi connectivity index (χ2v) is 15.8. The molecule has 10 nitrogen and oxygen atoms in total. The number of hydrogen-bond donors (Lipinski definition) is 4. The van der Waals surface area contributed by atoms with Crippen LogP contribution in [0.4, 0.5) is 42.1 Å². The van der Waals surface area contributed by atoms with Gasteiger partial charge in [0, 0.05) is 24.6 Å². The number of aliphatic hydroxyl groups excluding tert-OH is 1. The number of aliphatic hydroxyl groups is 1. The van der Waals surface area contributed by atoms with Crippen LogP contribution in [0.1, 0.15) is 76.0 Å². The summed E-state index contributed by atoms with van der Waals surface area (Å²) in [5.41, 5.74) is 3.98. The number of ether oxygens (including phenoxy) is 1. The predicted octanol–water partition coefficient (Wildman–Crippen LogP) is 6.87. The summed E-state index contributed by atoms with van der Waals surface area (Å²) in [6.07, 6.45) is -5.83. The van der Waals surface area contributed by atoms with Gasteiger partial charge in [-0.15, -0.1) is 0 Å². The zero-order chi connectivity index (χ0) is 35.0. The van der Waals surface area contributed by atoms with Gasteiger partial charge in [0.25, 0.3) is 0 Å². The van der Waals surface area contributed by atoms with Gasteiger partial charge >= 0.3 is 6.18 Å². The van der Waals surface area contributed by atoms with E-state index < -0.39 is 33.9 Å². The molecule has 48 heavy (non-hydrogen) atoms. The molecule has 262 valence electrons. The normalized spacial score (nSPS) is 18.1. The molecule has 0 bridgehead atoms. The number of benzene rings is 2. The first-order valence-electron chi connectivity index (χ1n) is 16.4. The highest BCUT2D eigenvalue weighted by molar-refractivity contribution is 7.92. The molecule has 3 heterocycles. The molecule has 2 aromatic carbocycles. The van der Waals surface area contributed by atoms with E-state index in [-0.39, 0.29) is 22.8 Å². The van der Waals surface area contributed by atoms with E-state index in [0.717, 1.165) is 16.7 Å². The fourth-order valence-corrected chi connectivity index (χ4v) is 7.46. The smallest absolute Gasteiger partial charge is 0.415 e. The highest BCUT2D eigenvalue weighted by Gasteiger charge is 2.39. The Morgan fingerprint density at radius 3 is 2.40 bits per heavy atom. The highest BCUT2D eigenvalue weighted by atomic mass is 32.2. The van der Waals surface area contributed by atoms with Crippen LogP contribution in [0, 0.1) is 6.92 Å². The summed E-state index contributed by atoms with van der Waals surface area (Å²) in [7, 11) is -3.58. The molecule has 0 amide bonds. The molecular formula is C34H45F3N6O4S. The number of nitrogens with zero attached hydrogens (tertiary/aromatic N) is 3. The van der Waals surface area contributed by atoms with Gasteiger partial charge in [-0.05, 0) is 102 Å². The lowest BCUT2D eigenvalue weighted by Crippen LogP contribution is -2.44. The number of sulfone groups is 1. The molecule has 1 unspecified atom stereocenters. The molecule has 2 atom stereocenters. The number of para-hydroxylation sites is 1. The summed E-state index contributed by atoms with van der Waals surface area (Å²) < 4.78 is 71.3. The van der Waals surface area contributed by atoms with Crippen molar-refractivity contribution < 1.29 is 31.4 Å². The Hall–Kier alpha value is -3.62. The van der Waals surface area contributed by atoms with Crippen molar-refractivity contribution in [1.82, 2.24) is 14.9 Å². The zero-order valence-electron chi connectivity index (χ0n) is 28.1. The summed E-state index contributed by atoms with van der Waals surface area (Å²) in [6.45, 7) is 12.3. The summed E-state index contributed by atoms with van der Waals surface area (Å²) in [5, 5.41) is 18.9. The number of anilines is 5. The molecule has 1 saturated heterocycles. The van der Waals surface area contributed by atoms with E-state index >= 15 is 0 Å². The van der Waals surface area contributed by atoms with Crippen LogP contribution >= 0.6 is 0 Å². The molecule has 5 rings (SSSR count). The second-order valence-electron chi connectivity index (χ2n) is 13.3. The van der Waals surface area contributed by atoms with Crippen molar-refractivity contribution in [3.05, 3.63) is 53.1 Å². The topological polar surface area (TPSA) is 129 Å². The molecule has 0 aliphatic carbocycles. The fourth-order valence-electron chi connectivity index (χ4n) is 6.26. The van der Waals surface area contributed by atoms with E-state index in [4.69, 9.17) is 14.7 Å². The maximum Gasteiger partial charge on any atom is 0.415 e. The number of nitrogens with one attached hydrogen (secondary N) is 3. The first-order chi connectivity index (χ1) is 22.5. The summed E-state index contributed by atoms with van der Waals surface area (Å²) in [4.78, 5) is 11.5. The number of halogens is 3. The first-order valence-corrected chi connectivity index (χ1v) is 17.9. The number of β-amino-alcohol motifs (C(OH)–C–C–N with tert-alkyl or cyclic N) is 1. The molecule has 0 saturated carbocycles. The van der Waals surface area contributed by atoms with Gasteiger partial charge < -0.3 is 30.7 Å². The fraction of sp³-hybridized carbons (Fsp3) is 0.529. The Kier molecular flexibility index (Phi) is 10.5.